The van der Waals surface area contributed by atoms with Crippen LogP contribution >= 0.6 is 11.6 Å². The highest BCUT2D eigenvalue weighted by Gasteiger charge is 2.20. The molecule has 5 nitrogen and oxygen atoms in total. The first-order chi connectivity index (χ1) is 15.3. The number of para-hydroxylation sites is 1. The molecule has 0 spiro atoms. The average Bonchev–Trinajstić information content (AvgIpc) is 2.77. The molecular formula is C25H19ClFNO4. The van der Waals surface area contributed by atoms with E-state index < -0.39 is 23.8 Å². The minimum Gasteiger partial charge on any atom is -0.476 e. The third-order valence-corrected chi connectivity index (χ3v) is 5.35. The number of amides is 1. The number of carbonyl (C=O) groups is 1. The van der Waals surface area contributed by atoms with Crippen LogP contribution in [0.1, 0.15) is 11.1 Å². The molecule has 7 heteroatoms. The molecule has 4 rings (SSSR count). The molecule has 1 N–H and O–H groups in total. The zero-order valence-electron chi connectivity index (χ0n) is 17.4. The first-order valence-electron chi connectivity index (χ1n) is 9.84. The van der Waals surface area contributed by atoms with Gasteiger partial charge in [0, 0.05) is 10.6 Å². The molecule has 0 bridgehead atoms. The molecule has 162 valence electrons. The van der Waals surface area contributed by atoms with Gasteiger partial charge in [-0.3, -0.25) is 9.59 Å². The molecule has 0 aliphatic rings. The lowest BCUT2D eigenvalue weighted by Gasteiger charge is -2.13. The number of carbonyl (C=O) groups excluding carboxylic acids is 1. The highest BCUT2D eigenvalue weighted by molar-refractivity contribution is 6.32. The van der Waals surface area contributed by atoms with Crippen LogP contribution in [0.25, 0.3) is 22.3 Å². The van der Waals surface area contributed by atoms with Crippen LogP contribution in [-0.4, -0.2) is 12.5 Å². The molecule has 0 atom stereocenters. The first kappa shape index (κ1) is 21.6. The Bertz CT molecular complexity index is 1380. The van der Waals surface area contributed by atoms with Crippen molar-refractivity contribution >= 4 is 34.2 Å². The number of fused-ring (bicyclic) bond motifs is 1. The van der Waals surface area contributed by atoms with Crippen LogP contribution in [0.2, 0.25) is 5.02 Å². The Hall–Kier alpha value is -3.64. The Morgan fingerprint density at radius 3 is 2.53 bits per heavy atom. The minimum atomic E-state index is -0.619. The number of ether oxygens (including phenoxy) is 1. The highest BCUT2D eigenvalue weighted by Crippen LogP contribution is 2.33. The van der Waals surface area contributed by atoms with E-state index >= 15 is 0 Å². The largest absolute Gasteiger partial charge is 0.476 e. The van der Waals surface area contributed by atoms with Gasteiger partial charge in [0.05, 0.1) is 11.1 Å². The van der Waals surface area contributed by atoms with E-state index in [0.717, 1.165) is 11.1 Å². The summed E-state index contributed by atoms with van der Waals surface area (Å²) in [5.74, 6) is -1.12. The molecule has 1 aromatic heterocycles. The summed E-state index contributed by atoms with van der Waals surface area (Å²) in [4.78, 5) is 25.6. The van der Waals surface area contributed by atoms with Crippen LogP contribution in [0.3, 0.4) is 0 Å². The number of benzene rings is 3. The quantitative estimate of drug-likeness (QED) is 0.411. The van der Waals surface area contributed by atoms with Gasteiger partial charge in [-0.2, -0.15) is 0 Å². The molecule has 0 radical (unpaired) electrons. The Morgan fingerprint density at radius 2 is 1.81 bits per heavy atom. The number of halogens is 2. The molecule has 0 aliphatic carbocycles. The maximum Gasteiger partial charge on any atom is 0.262 e. The molecule has 0 fully saturated rings. The van der Waals surface area contributed by atoms with E-state index in [4.69, 9.17) is 20.8 Å². The van der Waals surface area contributed by atoms with Gasteiger partial charge in [-0.05, 0) is 43.7 Å². The van der Waals surface area contributed by atoms with Crippen LogP contribution < -0.4 is 15.5 Å². The van der Waals surface area contributed by atoms with Crippen molar-refractivity contribution in [3.63, 3.8) is 0 Å². The average molecular weight is 452 g/mol. The van der Waals surface area contributed by atoms with Crippen LogP contribution in [0.5, 0.6) is 5.75 Å². The number of hydrogen-bond acceptors (Lipinski definition) is 4. The molecule has 32 heavy (non-hydrogen) atoms. The van der Waals surface area contributed by atoms with E-state index in [0.29, 0.717) is 16.2 Å². The summed E-state index contributed by atoms with van der Waals surface area (Å²) in [7, 11) is 0. The van der Waals surface area contributed by atoms with E-state index in [2.05, 4.69) is 5.32 Å². The standard InChI is InChI=1S/C25H19ClFNO4/c1-14-7-9-16(10-8-14)24-25(23(30)17-12-18(26)15(2)11-21(17)32-24)31-13-22(29)28-20-6-4-3-5-19(20)27/h3-12H,13H2,1-2H3,(H,28,29). The molecule has 0 unspecified atom stereocenters. The molecule has 0 saturated carbocycles. The van der Waals surface area contributed by atoms with Crippen molar-refractivity contribution in [2.45, 2.75) is 13.8 Å². The van der Waals surface area contributed by atoms with Crippen LogP contribution in [-0.2, 0) is 4.79 Å². The van der Waals surface area contributed by atoms with Crippen molar-refractivity contribution in [3.05, 3.63) is 92.9 Å². The van der Waals surface area contributed by atoms with Gasteiger partial charge in [-0.15, -0.1) is 0 Å². The SMILES string of the molecule is Cc1ccc(-c2oc3cc(C)c(Cl)cc3c(=O)c2OCC(=O)Nc2ccccc2F)cc1. The third-order valence-electron chi connectivity index (χ3n) is 4.94. The zero-order valence-corrected chi connectivity index (χ0v) is 18.1. The smallest absolute Gasteiger partial charge is 0.262 e. The highest BCUT2D eigenvalue weighted by atomic mass is 35.5. The maximum absolute atomic E-state index is 13.8. The molecule has 0 aliphatic heterocycles. The summed E-state index contributed by atoms with van der Waals surface area (Å²) < 4.78 is 25.5. The maximum atomic E-state index is 13.8. The van der Waals surface area contributed by atoms with Gasteiger partial charge in [-0.25, -0.2) is 4.39 Å². The molecule has 0 saturated heterocycles. The molecule has 3 aromatic carbocycles. The van der Waals surface area contributed by atoms with Crippen LogP contribution in [0.15, 0.2) is 69.9 Å². The van der Waals surface area contributed by atoms with E-state index in [-0.39, 0.29) is 22.6 Å². The fourth-order valence-electron chi connectivity index (χ4n) is 3.21. The summed E-state index contributed by atoms with van der Waals surface area (Å²) in [6.07, 6.45) is 0. The second kappa shape index (κ2) is 8.85. The van der Waals surface area contributed by atoms with E-state index in [1.165, 1.54) is 24.3 Å². The van der Waals surface area contributed by atoms with Crippen molar-refractivity contribution in [1.82, 2.24) is 0 Å². The Kier molecular flexibility index (Phi) is 5.97. The lowest BCUT2D eigenvalue weighted by molar-refractivity contribution is -0.118. The van der Waals surface area contributed by atoms with Gasteiger partial charge in [0.15, 0.2) is 12.4 Å². The molecule has 1 amide bonds. The monoisotopic (exact) mass is 451 g/mol. The summed E-state index contributed by atoms with van der Waals surface area (Å²) in [6.45, 7) is 3.24. The molecular weight excluding hydrogens is 433 g/mol. The summed E-state index contributed by atoms with van der Waals surface area (Å²) >= 11 is 6.20. The number of nitrogens with one attached hydrogen (secondary N) is 1. The predicted molar refractivity (Wildman–Crippen MR) is 123 cm³/mol. The Balaban J connectivity index is 1.73. The van der Waals surface area contributed by atoms with Gasteiger partial charge >= 0.3 is 0 Å². The van der Waals surface area contributed by atoms with Crippen molar-refractivity contribution in [2.75, 3.05) is 11.9 Å². The number of hydrogen-bond donors (Lipinski definition) is 1. The fourth-order valence-corrected chi connectivity index (χ4v) is 3.37. The predicted octanol–water partition coefficient (Wildman–Crippen LogP) is 5.89. The van der Waals surface area contributed by atoms with Gasteiger partial charge in [-0.1, -0.05) is 53.6 Å². The van der Waals surface area contributed by atoms with E-state index in [9.17, 15) is 14.0 Å². The number of aryl methyl sites for hydroxylation is 2. The van der Waals surface area contributed by atoms with Gasteiger partial charge in [0.2, 0.25) is 11.2 Å². The topological polar surface area (TPSA) is 68.5 Å². The minimum absolute atomic E-state index is 0.0210. The third kappa shape index (κ3) is 4.36. The summed E-state index contributed by atoms with van der Waals surface area (Å²) in [6, 6.07) is 16.3. The molecule has 4 aromatic rings. The van der Waals surface area contributed by atoms with Gasteiger partial charge in [0.1, 0.15) is 11.4 Å². The lowest BCUT2D eigenvalue weighted by Crippen LogP contribution is -2.23. The lowest BCUT2D eigenvalue weighted by atomic mass is 10.1. The Labute approximate surface area is 188 Å². The van der Waals surface area contributed by atoms with Crippen molar-refractivity contribution < 1.29 is 18.3 Å². The van der Waals surface area contributed by atoms with Crippen molar-refractivity contribution in [2.24, 2.45) is 0 Å². The summed E-state index contributed by atoms with van der Waals surface area (Å²) in [5.41, 5.74) is 2.33. The Morgan fingerprint density at radius 1 is 1.09 bits per heavy atom. The number of anilines is 1. The first-order valence-corrected chi connectivity index (χ1v) is 10.2. The zero-order chi connectivity index (χ0) is 22.8. The van der Waals surface area contributed by atoms with Crippen LogP contribution in [0, 0.1) is 19.7 Å². The second-order valence-corrected chi connectivity index (χ2v) is 7.78. The van der Waals surface area contributed by atoms with Crippen molar-refractivity contribution in [1.29, 1.82) is 0 Å². The number of rotatable bonds is 5. The van der Waals surface area contributed by atoms with Crippen LogP contribution in [0.4, 0.5) is 10.1 Å². The normalized spacial score (nSPS) is 10.9. The molecule has 1 heterocycles. The van der Waals surface area contributed by atoms with E-state index in [1.54, 1.807) is 24.3 Å². The van der Waals surface area contributed by atoms with Crippen molar-refractivity contribution in [3.8, 4) is 17.1 Å². The van der Waals surface area contributed by atoms with E-state index in [1.807, 2.05) is 26.0 Å². The van der Waals surface area contributed by atoms with Gasteiger partial charge < -0.3 is 14.5 Å². The second-order valence-electron chi connectivity index (χ2n) is 7.37. The fraction of sp³-hybridized carbons (Fsp3) is 0.120. The summed E-state index contributed by atoms with van der Waals surface area (Å²) in [5, 5.41) is 3.08. The van der Waals surface area contributed by atoms with Gasteiger partial charge in [0.25, 0.3) is 5.91 Å².